The van der Waals surface area contributed by atoms with E-state index < -0.39 is 11.7 Å². The number of amides is 2. The number of imidazole rings is 1. The highest BCUT2D eigenvalue weighted by atomic mass is 35.5. The molecule has 0 radical (unpaired) electrons. The molecule has 1 aliphatic heterocycles. The van der Waals surface area contributed by atoms with E-state index in [1.165, 1.54) is 29.2 Å². The number of hydrogen-bond donors (Lipinski definition) is 3. The van der Waals surface area contributed by atoms with E-state index in [2.05, 4.69) is 36.1 Å². The Kier molecular flexibility index (Phi) is 7.80. The van der Waals surface area contributed by atoms with Crippen molar-refractivity contribution in [3.05, 3.63) is 82.3 Å². The number of halogens is 3. The molecule has 0 atom stereocenters. The molecule has 1 aliphatic rings. The summed E-state index contributed by atoms with van der Waals surface area (Å²) in [6.45, 7) is 0. The van der Waals surface area contributed by atoms with Crippen LogP contribution in [0, 0.1) is 5.82 Å². The lowest BCUT2D eigenvalue weighted by Crippen LogP contribution is -2.15. The average molecular weight is 567 g/mol. The molecule has 5 rings (SSSR count). The molecule has 4 aromatic rings. The van der Waals surface area contributed by atoms with Gasteiger partial charge in [-0.3, -0.25) is 9.59 Å². The zero-order valence-electron chi connectivity index (χ0n) is 20.3. The van der Waals surface area contributed by atoms with Gasteiger partial charge in [-0.1, -0.05) is 35.4 Å². The van der Waals surface area contributed by atoms with E-state index in [9.17, 15) is 14.0 Å². The van der Waals surface area contributed by atoms with E-state index in [0.717, 1.165) is 6.07 Å². The van der Waals surface area contributed by atoms with Gasteiger partial charge in [0.1, 0.15) is 28.8 Å². The second-order valence-corrected chi connectivity index (χ2v) is 9.41. The topological polar surface area (TPSA) is 130 Å². The van der Waals surface area contributed by atoms with Crippen LogP contribution in [0.1, 0.15) is 30.7 Å². The fourth-order valence-corrected chi connectivity index (χ4v) is 4.53. The normalized spacial score (nSPS) is 13.8. The molecule has 3 heterocycles. The Morgan fingerprint density at radius 2 is 1.95 bits per heavy atom. The molecule has 2 bridgehead atoms. The van der Waals surface area contributed by atoms with Gasteiger partial charge >= 0.3 is 0 Å². The summed E-state index contributed by atoms with van der Waals surface area (Å²) in [5.74, 6) is -0.935. The maximum atomic E-state index is 14.7. The molecule has 2 aromatic carbocycles. The number of aromatic nitrogens is 6. The van der Waals surface area contributed by atoms with Gasteiger partial charge < -0.3 is 15.6 Å². The number of tetrazole rings is 1. The summed E-state index contributed by atoms with van der Waals surface area (Å²) in [4.78, 5) is 33.2. The van der Waals surface area contributed by atoms with Gasteiger partial charge in [0.25, 0.3) is 0 Å². The maximum Gasteiger partial charge on any atom is 0.248 e. The number of carbonyl (C=O) groups is 2. The Morgan fingerprint density at radius 1 is 1.13 bits per heavy atom. The van der Waals surface area contributed by atoms with Gasteiger partial charge in [-0.25, -0.2) is 9.37 Å². The van der Waals surface area contributed by atoms with E-state index in [1.54, 1.807) is 18.2 Å². The van der Waals surface area contributed by atoms with Crippen molar-refractivity contribution in [2.24, 2.45) is 0 Å². The Labute approximate surface area is 231 Å². The number of H-pyrrole nitrogens is 1. The van der Waals surface area contributed by atoms with Crippen LogP contribution in [0.4, 0.5) is 15.8 Å². The number of fused-ring (bicyclic) bond motifs is 4. The summed E-state index contributed by atoms with van der Waals surface area (Å²) in [6, 6.07) is 7.34. The van der Waals surface area contributed by atoms with Gasteiger partial charge in [-0.05, 0) is 59.7 Å². The van der Waals surface area contributed by atoms with Crippen molar-refractivity contribution in [3.63, 3.8) is 0 Å². The Hall–Kier alpha value is -4.35. The molecule has 13 heteroatoms. The number of nitrogens with one attached hydrogen (secondary N) is 3. The number of rotatable bonds is 4. The highest BCUT2D eigenvalue weighted by molar-refractivity contribution is 6.32. The van der Waals surface area contributed by atoms with Crippen molar-refractivity contribution >= 4 is 52.5 Å². The molecule has 0 saturated heterocycles. The first kappa shape index (κ1) is 26.3. The first-order valence-electron chi connectivity index (χ1n) is 11.9. The molecular formula is C26H21Cl2FN8O2. The van der Waals surface area contributed by atoms with E-state index in [1.807, 2.05) is 12.2 Å². The minimum absolute atomic E-state index is 0.0830. The predicted octanol–water partition coefficient (Wildman–Crippen LogP) is 5.37. The number of aryl methyl sites for hydroxylation is 1. The lowest BCUT2D eigenvalue weighted by atomic mass is 10.1. The predicted molar refractivity (Wildman–Crippen MR) is 146 cm³/mol. The van der Waals surface area contributed by atoms with Gasteiger partial charge in [-0.15, -0.1) is 5.10 Å². The molecular weight excluding hydrogens is 546 g/mol. The fourth-order valence-electron chi connectivity index (χ4n) is 4.10. The van der Waals surface area contributed by atoms with Crippen LogP contribution >= 0.6 is 23.2 Å². The van der Waals surface area contributed by atoms with Crippen LogP contribution in [0.5, 0.6) is 0 Å². The first-order chi connectivity index (χ1) is 18.9. The molecule has 0 unspecified atom stereocenters. The summed E-state index contributed by atoms with van der Waals surface area (Å²) < 4.78 is 16.2. The number of anilines is 2. The Balaban J connectivity index is 1.51. The second kappa shape index (κ2) is 11.6. The van der Waals surface area contributed by atoms with Crippen LogP contribution in [-0.2, 0) is 16.0 Å². The number of nitrogens with zero attached hydrogens (tertiary/aromatic N) is 5. The molecule has 0 saturated carbocycles. The van der Waals surface area contributed by atoms with Gasteiger partial charge in [0, 0.05) is 29.5 Å². The number of benzene rings is 2. The van der Waals surface area contributed by atoms with Crippen LogP contribution in [0.15, 0.2) is 54.9 Å². The molecule has 0 spiro atoms. The van der Waals surface area contributed by atoms with Crippen LogP contribution in [0.2, 0.25) is 10.2 Å². The molecule has 39 heavy (non-hydrogen) atoms. The molecule has 198 valence electrons. The Bertz CT molecular complexity index is 1600. The highest BCUT2D eigenvalue weighted by Crippen LogP contribution is 2.39. The summed E-state index contributed by atoms with van der Waals surface area (Å²) in [7, 11) is 0. The maximum absolute atomic E-state index is 14.7. The third kappa shape index (κ3) is 6.21. The fraction of sp³-hybridized carbons (Fsp3) is 0.154. The minimum Gasteiger partial charge on any atom is -0.333 e. The molecule has 0 aliphatic carbocycles. The molecule has 2 amide bonds. The SMILES string of the molecule is O=C(C=Cc1cc(Cl)ccc1-n1cnnn1)Nc1cc(F)cc2c1-c1nc([nH]c1Cl)CCC=CCCC(=O)N2. The first-order valence-corrected chi connectivity index (χ1v) is 12.7. The summed E-state index contributed by atoms with van der Waals surface area (Å²) >= 11 is 12.6. The van der Waals surface area contributed by atoms with Crippen LogP contribution in [-0.4, -0.2) is 42.0 Å². The summed E-state index contributed by atoms with van der Waals surface area (Å²) in [6.07, 6.45) is 10.1. The van der Waals surface area contributed by atoms with Gasteiger partial charge in [0.2, 0.25) is 11.8 Å². The molecule has 3 N–H and O–H groups in total. The summed E-state index contributed by atoms with van der Waals surface area (Å²) in [5.41, 5.74) is 1.94. The van der Waals surface area contributed by atoms with Gasteiger partial charge in [0.05, 0.1) is 22.6 Å². The quantitative estimate of drug-likeness (QED) is 0.225. The smallest absolute Gasteiger partial charge is 0.248 e. The number of allylic oxidation sites excluding steroid dienone is 2. The van der Waals surface area contributed by atoms with Crippen molar-refractivity contribution < 1.29 is 14.0 Å². The molecule has 0 fully saturated rings. The monoisotopic (exact) mass is 566 g/mol. The largest absolute Gasteiger partial charge is 0.333 e. The standard InChI is InChI=1S/C26H21Cl2FN8O2/c27-16-8-9-20(37-14-30-35-36-37)15(11-16)7-10-23(39)32-19-13-17(29)12-18-24(19)25-26(28)34-21(33-25)5-3-1-2-4-6-22(38)31-18/h1-2,7-14H,3-6H2,(H,31,38)(H,32,39)(H,33,34). The van der Waals surface area contributed by atoms with E-state index in [-0.39, 0.29) is 40.1 Å². The van der Waals surface area contributed by atoms with Crippen molar-refractivity contribution in [3.8, 4) is 16.9 Å². The van der Waals surface area contributed by atoms with E-state index >= 15 is 0 Å². The minimum atomic E-state index is -0.666. The van der Waals surface area contributed by atoms with Gasteiger partial charge in [0.15, 0.2) is 0 Å². The average Bonchev–Trinajstić information content (AvgIpc) is 3.54. The zero-order chi connectivity index (χ0) is 27.4. The zero-order valence-corrected chi connectivity index (χ0v) is 21.8. The number of hydrogen-bond acceptors (Lipinski definition) is 6. The van der Waals surface area contributed by atoms with Crippen LogP contribution < -0.4 is 10.6 Å². The Morgan fingerprint density at radius 3 is 2.74 bits per heavy atom. The van der Waals surface area contributed by atoms with Crippen LogP contribution in [0.3, 0.4) is 0 Å². The third-order valence-electron chi connectivity index (χ3n) is 5.83. The molecule has 10 nitrogen and oxygen atoms in total. The van der Waals surface area contributed by atoms with Crippen molar-refractivity contribution in [2.45, 2.75) is 25.7 Å². The van der Waals surface area contributed by atoms with Crippen molar-refractivity contribution in [1.82, 2.24) is 30.2 Å². The van der Waals surface area contributed by atoms with Crippen molar-refractivity contribution in [2.75, 3.05) is 10.6 Å². The number of aromatic amines is 1. The van der Waals surface area contributed by atoms with Crippen LogP contribution in [0.25, 0.3) is 23.0 Å². The third-order valence-corrected chi connectivity index (χ3v) is 6.34. The van der Waals surface area contributed by atoms with E-state index in [0.29, 0.717) is 41.4 Å². The highest BCUT2D eigenvalue weighted by Gasteiger charge is 2.22. The lowest BCUT2D eigenvalue weighted by Gasteiger charge is -2.15. The summed E-state index contributed by atoms with van der Waals surface area (Å²) in [5, 5.41) is 17.2. The lowest BCUT2D eigenvalue weighted by molar-refractivity contribution is -0.116. The second-order valence-electron chi connectivity index (χ2n) is 8.60. The molecule has 2 aromatic heterocycles. The van der Waals surface area contributed by atoms with Gasteiger partial charge in [-0.2, -0.15) is 4.68 Å². The number of carbonyl (C=O) groups excluding carboxylic acids is 2. The van der Waals surface area contributed by atoms with Crippen molar-refractivity contribution in [1.29, 1.82) is 0 Å². The van der Waals surface area contributed by atoms with E-state index in [4.69, 9.17) is 23.2 Å².